The van der Waals surface area contributed by atoms with Gasteiger partial charge in [-0.2, -0.15) is 0 Å². The summed E-state index contributed by atoms with van der Waals surface area (Å²) in [5.74, 6) is 1.10. The number of hydrogen-bond donors (Lipinski definition) is 1. The Bertz CT molecular complexity index is 480. The summed E-state index contributed by atoms with van der Waals surface area (Å²) in [6.07, 6.45) is 0.789. The van der Waals surface area contributed by atoms with Gasteiger partial charge in [0, 0.05) is 19.7 Å². The van der Waals surface area contributed by atoms with Gasteiger partial charge in [-0.1, -0.05) is 13.8 Å². The van der Waals surface area contributed by atoms with E-state index >= 15 is 0 Å². The maximum atomic E-state index is 12.3. The van der Waals surface area contributed by atoms with Gasteiger partial charge in [0.05, 0.1) is 6.54 Å². The Morgan fingerprint density at radius 1 is 1.39 bits per heavy atom. The van der Waals surface area contributed by atoms with E-state index in [1.807, 2.05) is 13.8 Å². The first-order valence-corrected chi connectivity index (χ1v) is 7.63. The summed E-state index contributed by atoms with van der Waals surface area (Å²) in [6, 6.07) is 1.61. The summed E-state index contributed by atoms with van der Waals surface area (Å²) in [6.45, 7) is 7.49. The second-order valence-electron chi connectivity index (χ2n) is 4.24. The van der Waals surface area contributed by atoms with Gasteiger partial charge in [-0.3, -0.25) is 0 Å². The van der Waals surface area contributed by atoms with Crippen LogP contribution in [0.1, 0.15) is 31.8 Å². The Hall–Kier alpha value is -0.850. The molecule has 18 heavy (non-hydrogen) atoms. The highest BCUT2D eigenvalue weighted by Crippen LogP contribution is 2.23. The van der Waals surface area contributed by atoms with Crippen LogP contribution in [0.25, 0.3) is 0 Å². The maximum absolute atomic E-state index is 12.3. The molecule has 0 saturated heterocycles. The lowest BCUT2D eigenvalue weighted by molar-refractivity contribution is 0.450. The van der Waals surface area contributed by atoms with Gasteiger partial charge < -0.3 is 9.73 Å². The molecule has 0 radical (unpaired) electrons. The van der Waals surface area contributed by atoms with Crippen molar-refractivity contribution in [3.8, 4) is 0 Å². The van der Waals surface area contributed by atoms with Gasteiger partial charge in [0.15, 0.2) is 0 Å². The molecule has 0 fully saturated rings. The van der Waals surface area contributed by atoms with Crippen LogP contribution < -0.4 is 5.32 Å². The average Bonchev–Trinajstić information content (AvgIpc) is 2.69. The molecule has 1 aromatic heterocycles. The van der Waals surface area contributed by atoms with Gasteiger partial charge in [-0.05, 0) is 19.9 Å². The van der Waals surface area contributed by atoms with E-state index in [2.05, 4.69) is 5.32 Å². The third-order valence-electron chi connectivity index (χ3n) is 2.70. The lowest BCUT2D eigenvalue weighted by Crippen LogP contribution is -2.27. The van der Waals surface area contributed by atoms with E-state index in [0.29, 0.717) is 24.6 Å². The van der Waals surface area contributed by atoms with Crippen molar-refractivity contribution in [3.05, 3.63) is 17.6 Å². The molecule has 0 aromatic carbocycles. The van der Waals surface area contributed by atoms with Crippen molar-refractivity contribution in [3.63, 3.8) is 0 Å². The van der Waals surface area contributed by atoms with Gasteiger partial charge in [-0.25, -0.2) is 12.7 Å². The Kier molecular flexibility index (Phi) is 5.37. The van der Waals surface area contributed by atoms with Crippen LogP contribution in [0, 0.1) is 6.92 Å². The molecule has 0 amide bonds. The summed E-state index contributed by atoms with van der Waals surface area (Å²) < 4.78 is 31.4. The predicted molar refractivity (Wildman–Crippen MR) is 70.9 cm³/mol. The lowest BCUT2D eigenvalue weighted by Gasteiger charge is -2.15. The first kappa shape index (κ1) is 15.2. The lowest BCUT2D eigenvalue weighted by atomic mass is 10.4. The highest BCUT2D eigenvalue weighted by Gasteiger charge is 2.25. The molecule has 6 heteroatoms. The van der Waals surface area contributed by atoms with E-state index in [1.54, 1.807) is 20.0 Å². The molecule has 1 heterocycles. The molecule has 1 N–H and O–H groups in total. The summed E-state index contributed by atoms with van der Waals surface area (Å²) in [5, 5.41) is 3.11. The maximum Gasteiger partial charge on any atom is 0.246 e. The molecule has 1 rings (SSSR count). The summed E-state index contributed by atoms with van der Waals surface area (Å²) in [5.41, 5.74) is 0. The summed E-state index contributed by atoms with van der Waals surface area (Å²) in [7, 11) is -1.83. The van der Waals surface area contributed by atoms with E-state index in [9.17, 15) is 8.42 Å². The highest BCUT2D eigenvalue weighted by atomic mass is 32.2. The number of nitrogens with zero attached hydrogens (tertiary/aromatic N) is 1. The monoisotopic (exact) mass is 274 g/mol. The van der Waals surface area contributed by atoms with E-state index < -0.39 is 10.0 Å². The van der Waals surface area contributed by atoms with Crippen LogP contribution in [-0.2, 0) is 16.6 Å². The molecule has 0 bridgehead atoms. The van der Waals surface area contributed by atoms with Gasteiger partial charge in [0.2, 0.25) is 10.0 Å². The minimum atomic E-state index is -3.42. The quantitative estimate of drug-likeness (QED) is 0.822. The van der Waals surface area contributed by atoms with Crippen LogP contribution in [0.4, 0.5) is 0 Å². The molecule has 0 saturated carbocycles. The zero-order valence-corrected chi connectivity index (χ0v) is 12.3. The Balaban J connectivity index is 2.98. The standard InChI is InChI=1S/C12H22N2O3S/c1-5-7-14(4)18(15,16)12-8-11(9-13-6-2)17-10(12)3/h8,13H,5-7,9H2,1-4H3. The number of sulfonamides is 1. The van der Waals surface area contributed by atoms with Crippen LogP contribution in [0.15, 0.2) is 15.4 Å². The van der Waals surface area contributed by atoms with E-state index in [0.717, 1.165) is 13.0 Å². The second-order valence-corrected chi connectivity index (χ2v) is 6.25. The molecule has 0 aliphatic rings. The largest absolute Gasteiger partial charge is 0.464 e. The smallest absolute Gasteiger partial charge is 0.246 e. The first-order valence-electron chi connectivity index (χ1n) is 6.19. The molecular weight excluding hydrogens is 252 g/mol. The topological polar surface area (TPSA) is 62.6 Å². The third-order valence-corrected chi connectivity index (χ3v) is 4.66. The molecule has 0 atom stereocenters. The predicted octanol–water partition coefficient (Wildman–Crippen LogP) is 1.73. The van der Waals surface area contributed by atoms with Gasteiger partial charge in [0.25, 0.3) is 0 Å². The second kappa shape index (κ2) is 6.36. The van der Waals surface area contributed by atoms with Gasteiger partial charge in [0.1, 0.15) is 16.4 Å². The summed E-state index contributed by atoms with van der Waals surface area (Å²) in [4.78, 5) is 0.270. The van der Waals surface area contributed by atoms with Crippen LogP contribution in [0.2, 0.25) is 0 Å². The zero-order chi connectivity index (χ0) is 13.8. The fourth-order valence-corrected chi connectivity index (χ4v) is 3.16. The molecule has 0 spiro atoms. The highest BCUT2D eigenvalue weighted by molar-refractivity contribution is 7.89. The molecule has 104 valence electrons. The Morgan fingerprint density at radius 2 is 2.06 bits per heavy atom. The van der Waals surface area contributed by atoms with Crippen molar-refractivity contribution in [2.75, 3.05) is 20.1 Å². The van der Waals surface area contributed by atoms with E-state index in [1.165, 1.54) is 4.31 Å². The normalized spacial score (nSPS) is 12.3. The average molecular weight is 274 g/mol. The summed E-state index contributed by atoms with van der Waals surface area (Å²) >= 11 is 0. The van der Waals surface area contributed by atoms with Crippen molar-refractivity contribution < 1.29 is 12.8 Å². The van der Waals surface area contributed by atoms with E-state index in [-0.39, 0.29) is 4.90 Å². The molecule has 1 aromatic rings. The molecule has 0 aliphatic heterocycles. The Morgan fingerprint density at radius 3 is 2.61 bits per heavy atom. The Labute approximate surface area is 109 Å². The number of aryl methyl sites for hydroxylation is 1. The zero-order valence-electron chi connectivity index (χ0n) is 11.5. The number of hydrogen-bond acceptors (Lipinski definition) is 4. The first-order chi connectivity index (χ1) is 8.43. The fourth-order valence-electron chi connectivity index (χ4n) is 1.72. The van der Waals surface area contributed by atoms with Crippen molar-refractivity contribution >= 4 is 10.0 Å². The van der Waals surface area contributed by atoms with Crippen molar-refractivity contribution in [1.29, 1.82) is 0 Å². The molecule has 0 unspecified atom stereocenters. The van der Waals surface area contributed by atoms with Gasteiger partial charge in [-0.15, -0.1) is 0 Å². The van der Waals surface area contributed by atoms with Crippen molar-refractivity contribution in [2.24, 2.45) is 0 Å². The number of rotatable bonds is 7. The minimum absolute atomic E-state index is 0.270. The van der Waals surface area contributed by atoms with Crippen LogP contribution in [0.5, 0.6) is 0 Å². The fraction of sp³-hybridized carbons (Fsp3) is 0.667. The van der Waals surface area contributed by atoms with Crippen molar-refractivity contribution in [1.82, 2.24) is 9.62 Å². The molecule has 5 nitrogen and oxygen atoms in total. The molecule has 0 aliphatic carbocycles. The third kappa shape index (κ3) is 3.34. The minimum Gasteiger partial charge on any atom is -0.464 e. The van der Waals surface area contributed by atoms with Crippen LogP contribution in [0.3, 0.4) is 0 Å². The molecular formula is C12H22N2O3S. The van der Waals surface area contributed by atoms with Crippen LogP contribution >= 0.6 is 0 Å². The number of nitrogens with one attached hydrogen (secondary N) is 1. The van der Waals surface area contributed by atoms with Crippen LogP contribution in [-0.4, -0.2) is 32.9 Å². The van der Waals surface area contributed by atoms with Crippen molar-refractivity contribution in [2.45, 2.75) is 38.6 Å². The number of furan rings is 1. The SMILES string of the molecule is CCCN(C)S(=O)(=O)c1cc(CNCC)oc1C. The van der Waals surface area contributed by atoms with E-state index in [4.69, 9.17) is 4.42 Å². The van der Waals surface area contributed by atoms with Gasteiger partial charge >= 0.3 is 0 Å².